The molecular formula is C24H25NO5. The first-order chi connectivity index (χ1) is 14.5. The van der Waals surface area contributed by atoms with Crippen LogP contribution in [0, 0.1) is 13.8 Å². The number of amides is 1. The Balaban J connectivity index is 1.93. The van der Waals surface area contributed by atoms with Gasteiger partial charge in [-0.05, 0) is 55.2 Å². The second-order valence-electron chi connectivity index (χ2n) is 7.65. The predicted octanol–water partition coefficient (Wildman–Crippen LogP) is 4.00. The van der Waals surface area contributed by atoms with Crippen molar-refractivity contribution in [2.45, 2.75) is 26.3 Å². The average Bonchev–Trinajstić information content (AvgIpc) is 3.00. The highest BCUT2D eigenvalue weighted by Crippen LogP contribution is 2.39. The van der Waals surface area contributed by atoms with Crippen LogP contribution < -0.4 is 10.2 Å². The van der Waals surface area contributed by atoms with Gasteiger partial charge >= 0.3 is 0 Å². The minimum Gasteiger partial charge on any atom is -0.497 e. The number of ether oxygens (including phenoxy) is 2. The van der Waals surface area contributed by atoms with Crippen molar-refractivity contribution in [2.24, 2.45) is 0 Å². The molecule has 1 aliphatic heterocycles. The zero-order valence-corrected chi connectivity index (χ0v) is 17.7. The number of benzene rings is 2. The van der Waals surface area contributed by atoms with Crippen LogP contribution in [0.5, 0.6) is 5.75 Å². The molecule has 0 radical (unpaired) electrons. The van der Waals surface area contributed by atoms with Crippen LogP contribution in [0.3, 0.4) is 0 Å². The van der Waals surface area contributed by atoms with E-state index in [-0.39, 0.29) is 17.1 Å². The van der Waals surface area contributed by atoms with Gasteiger partial charge in [-0.3, -0.25) is 9.59 Å². The van der Waals surface area contributed by atoms with Gasteiger partial charge in [0.15, 0.2) is 5.43 Å². The maximum Gasteiger partial charge on any atom is 0.290 e. The molecule has 2 heterocycles. The molecule has 0 bridgehead atoms. The van der Waals surface area contributed by atoms with Gasteiger partial charge in [0.05, 0.1) is 24.1 Å². The van der Waals surface area contributed by atoms with Crippen molar-refractivity contribution in [3.05, 3.63) is 74.6 Å². The lowest BCUT2D eigenvalue weighted by Gasteiger charge is -2.25. The maximum absolute atomic E-state index is 13.6. The first kappa shape index (κ1) is 20.2. The van der Waals surface area contributed by atoms with Crippen LogP contribution in [0.25, 0.3) is 11.0 Å². The molecule has 3 aromatic rings. The molecule has 1 aliphatic rings. The number of rotatable bonds is 6. The largest absolute Gasteiger partial charge is 0.497 e. The van der Waals surface area contributed by atoms with Crippen molar-refractivity contribution in [1.82, 2.24) is 4.90 Å². The first-order valence-corrected chi connectivity index (χ1v) is 9.98. The monoisotopic (exact) mass is 407 g/mol. The standard InChI is InChI=1S/C24H25NO5/c1-14-12-15(2)19-18(13-14)30-23-20(22(19)26)21(16-6-8-17(29-4)9-7-16)25(24(23)27)10-5-11-28-3/h6-9,12-13,21H,5,10-11H2,1-4H3. The molecule has 1 atom stereocenters. The van der Waals surface area contributed by atoms with Gasteiger partial charge in [-0.2, -0.15) is 0 Å². The topological polar surface area (TPSA) is 69.0 Å². The third-order valence-electron chi connectivity index (χ3n) is 5.59. The van der Waals surface area contributed by atoms with Crippen LogP contribution in [0.2, 0.25) is 0 Å². The van der Waals surface area contributed by atoms with Gasteiger partial charge < -0.3 is 18.8 Å². The summed E-state index contributed by atoms with van der Waals surface area (Å²) in [5, 5.41) is 0.532. The summed E-state index contributed by atoms with van der Waals surface area (Å²) in [6.07, 6.45) is 0.661. The van der Waals surface area contributed by atoms with Gasteiger partial charge in [0.1, 0.15) is 11.3 Å². The quantitative estimate of drug-likeness (QED) is 0.578. The van der Waals surface area contributed by atoms with Crippen LogP contribution in [0.15, 0.2) is 45.6 Å². The number of fused-ring (bicyclic) bond motifs is 2. The molecule has 4 rings (SSSR count). The summed E-state index contributed by atoms with van der Waals surface area (Å²) in [5.74, 6) is 0.585. The van der Waals surface area contributed by atoms with E-state index in [1.165, 1.54) is 0 Å². The molecule has 2 aromatic carbocycles. The second-order valence-corrected chi connectivity index (χ2v) is 7.65. The van der Waals surface area contributed by atoms with E-state index in [9.17, 15) is 9.59 Å². The number of carbonyl (C=O) groups excluding carboxylic acids is 1. The minimum absolute atomic E-state index is 0.135. The molecule has 1 aromatic heterocycles. The summed E-state index contributed by atoms with van der Waals surface area (Å²) in [6.45, 7) is 4.82. The molecule has 1 amide bonds. The highest BCUT2D eigenvalue weighted by molar-refractivity contribution is 5.99. The Morgan fingerprint density at radius 3 is 2.47 bits per heavy atom. The highest BCUT2D eigenvalue weighted by Gasteiger charge is 2.42. The summed E-state index contributed by atoms with van der Waals surface area (Å²) in [6, 6.07) is 10.7. The number of nitrogens with zero attached hydrogens (tertiary/aromatic N) is 1. The normalized spacial score (nSPS) is 15.7. The van der Waals surface area contributed by atoms with Gasteiger partial charge in [0, 0.05) is 20.3 Å². The van der Waals surface area contributed by atoms with Crippen molar-refractivity contribution in [3.63, 3.8) is 0 Å². The fraction of sp³-hybridized carbons (Fsp3) is 0.333. The van der Waals surface area contributed by atoms with Crippen molar-refractivity contribution >= 4 is 16.9 Å². The zero-order chi connectivity index (χ0) is 21.4. The van der Waals surface area contributed by atoms with Crippen molar-refractivity contribution in [3.8, 4) is 5.75 Å². The SMILES string of the molecule is COCCCN1C(=O)c2oc3cc(C)cc(C)c3c(=O)c2C1c1ccc(OC)cc1. The lowest BCUT2D eigenvalue weighted by molar-refractivity contribution is 0.0708. The van der Waals surface area contributed by atoms with E-state index in [1.54, 1.807) is 19.1 Å². The Hall–Kier alpha value is -3.12. The number of hydrogen-bond acceptors (Lipinski definition) is 5. The van der Waals surface area contributed by atoms with Crippen LogP contribution in [0.1, 0.15) is 45.3 Å². The summed E-state index contributed by atoms with van der Waals surface area (Å²) in [7, 11) is 3.23. The molecule has 30 heavy (non-hydrogen) atoms. The molecule has 0 fully saturated rings. The Morgan fingerprint density at radius 2 is 1.80 bits per heavy atom. The molecule has 156 valence electrons. The fourth-order valence-electron chi connectivity index (χ4n) is 4.26. The van der Waals surface area contributed by atoms with E-state index in [2.05, 4.69) is 0 Å². The summed E-state index contributed by atoms with van der Waals surface area (Å²) in [5.41, 5.74) is 3.39. The lowest BCUT2D eigenvalue weighted by Crippen LogP contribution is -2.31. The van der Waals surface area contributed by atoms with E-state index in [0.717, 1.165) is 16.7 Å². The second kappa shape index (κ2) is 7.95. The van der Waals surface area contributed by atoms with E-state index >= 15 is 0 Å². The molecular weight excluding hydrogens is 382 g/mol. The Labute approximate surface area is 175 Å². The maximum atomic E-state index is 13.6. The fourth-order valence-corrected chi connectivity index (χ4v) is 4.26. The number of methoxy groups -OCH3 is 2. The van der Waals surface area contributed by atoms with Gasteiger partial charge in [-0.1, -0.05) is 18.2 Å². The third-order valence-corrected chi connectivity index (χ3v) is 5.59. The van der Waals surface area contributed by atoms with Gasteiger partial charge in [0.25, 0.3) is 5.91 Å². The van der Waals surface area contributed by atoms with Gasteiger partial charge in [-0.15, -0.1) is 0 Å². The molecule has 0 saturated heterocycles. The van der Waals surface area contributed by atoms with E-state index < -0.39 is 6.04 Å². The minimum atomic E-state index is -0.503. The van der Waals surface area contributed by atoms with Gasteiger partial charge in [0.2, 0.25) is 5.76 Å². The molecule has 0 aliphatic carbocycles. The van der Waals surface area contributed by atoms with Crippen LogP contribution in [-0.2, 0) is 4.74 Å². The number of hydrogen-bond donors (Lipinski definition) is 0. The van der Waals surface area contributed by atoms with Crippen LogP contribution in [0.4, 0.5) is 0 Å². The van der Waals surface area contributed by atoms with Crippen LogP contribution in [-0.4, -0.2) is 38.2 Å². The summed E-state index contributed by atoms with van der Waals surface area (Å²) < 4.78 is 16.5. The Kier molecular flexibility index (Phi) is 5.35. The third kappa shape index (κ3) is 3.27. The molecule has 6 nitrogen and oxygen atoms in total. The molecule has 6 heteroatoms. The summed E-state index contributed by atoms with van der Waals surface area (Å²) >= 11 is 0. The molecule has 0 saturated carbocycles. The Bertz CT molecular complexity index is 1160. The smallest absolute Gasteiger partial charge is 0.290 e. The van der Waals surface area contributed by atoms with Crippen molar-refractivity contribution in [2.75, 3.05) is 27.4 Å². The Morgan fingerprint density at radius 1 is 1.07 bits per heavy atom. The lowest BCUT2D eigenvalue weighted by atomic mass is 9.97. The number of aryl methyl sites for hydroxylation is 2. The van der Waals surface area contributed by atoms with Gasteiger partial charge in [-0.25, -0.2) is 0 Å². The van der Waals surface area contributed by atoms with Crippen LogP contribution >= 0.6 is 0 Å². The highest BCUT2D eigenvalue weighted by atomic mass is 16.5. The average molecular weight is 407 g/mol. The molecule has 0 N–H and O–H groups in total. The summed E-state index contributed by atoms with van der Waals surface area (Å²) in [4.78, 5) is 28.6. The van der Waals surface area contributed by atoms with Crippen molar-refractivity contribution in [1.29, 1.82) is 0 Å². The molecule has 1 unspecified atom stereocenters. The first-order valence-electron chi connectivity index (χ1n) is 9.98. The van der Waals surface area contributed by atoms with E-state index in [0.29, 0.717) is 41.9 Å². The zero-order valence-electron chi connectivity index (χ0n) is 17.7. The van der Waals surface area contributed by atoms with E-state index in [4.69, 9.17) is 13.9 Å². The number of carbonyl (C=O) groups is 1. The van der Waals surface area contributed by atoms with E-state index in [1.807, 2.05) is 50.2 Å². The molecule has 0 spiro atoms. The predicted molar refractivity (Wildman–Crippen MR) is 114 cm³/mol. The van der Waals surface area contributed by atoms with Crippen molar-refractivity contribution < 1.29 is 18.7 Å².